The third kappa shape index (κ3) is 4.65. The molecule has 0 bridgehead atoms. The van der Waals surface area contributed by atoms with Gasteiger partial charge in [-0.05, 0) is 56.7 Å². The molecule has 0 spiro atoms. The lowest BCUT2D eigenvalue weighted by Crippen LogP contribution is -2.41. The fourth-order valence-corrected chi connectivity index (χ4v) is 4.38. The molecule has 0 saturated heterocycles. The van der Waals surface area contributed by atoms with E-state index in [1.807, 2.05) is 38.1 Å². The number of rotatable bonds is 5. The highest BCUT2D eigenvalue weighted by molar-refractivity contribution is 5.94. The Labute approximate surface area is 213 Å². The second-order valence-corrected chi connectivity index (χ2v) is 9.15. The zero-order valence-corrected chi connectivity index (χ0v) is 20.9. The van der Waals surface area contributed by atoms with Crippen LogP contribution >= 0.6 is 0 Å². The Balaban J connectivity index is 1.49. The van der Waals surface area contributed by atoms with Gasteiger partial charge in [0.1, 0.15) is 5.69 Å². The molecular formula is C27H27N7O3. The van der Waals surface area contributed by atoms with Gasteiger partial charge in [0.25, 0.3) is 17.4 Å². The normalized spacial score (nSPS) is 12.9. The van der Waals surface area contributed by atoms with E-state index in [4.69, 9.17) is 4.98 Å². The van der Waals surface area contributed by atoms with E-state index < -0.39 is 0 Å². The van der Waals surface area contributed by atoms with Crippen LogP contribution in [-0.2, 0) is 13.0 Å². The average Bonchev–Trinajstić information content (AvgIpc) is 2.91. The molecule has 0 unspecified atom stereocenters. The van der Waals surface area contributed by atoms with Crippen LogP contribution in [0.15, 0.2) is 59.5 Å². The van der Waals surface area contributed by atoms with Crippen LogP contribution in [0.25, 0.3) is 16.7 Å². The van der Waals surface area contributed by atoms with E-state index in [2.05, 4.69) is 20.6 Å². The Hall–Kier alpha value is -4.60. The van der Waals surface area contributed by atoms with Crippen LogP contribution in [0, 0.1) is 0 Å². The maximum atomic E-state index is 13.7. The van der Waals surface area contributed by atoms with Crippen molar-refractivity contribution >= 4 is 28.8 Å². The second kappa shape index (κ2) is 9.81. The van der Waals surface area contributed by atoms with Crippen molar-refractivity contribution in [1.29, 1.82) is 0 Å². The van der Waals surface area contributed by atoms with Crippen LogP contribution in [0.3, 0.4) is 0 Å². The molecule has 0 saturated carbocycles. The molecule has 0 aliphatic carbocycles. The number of para-hydroxylation sites is 2. The van der Waals surface area contributed by atoms with Crippen LogP contribution in [0.2, 0.25) is 0 Å². The van der Waals surface area contributed by atoms with Crippen LogP contribution < -0.4 is 16.2 Å². The summed E-state index contributed by atoms with van der Waals surface area (Å²) in [5.74, 6) is -0.0758. The summed E-state index contributed by atoms with van der Waals surface area (Å²) in [6.45, 7) is 4.47. The summed E-state index contributed by atoms with van der Waals surface area (Å²) in [6, 6.07) is 14.2. The van der Waals surface area contributed by atoms with Crippen LogP contribution in [0.4, 0.5) is 5.95 Å². The molecule has 10 heteroatoms. The van der Waals surface area contributed by atoms with Crippen LogP contribution in [-0.4, -0.2) is 55.9 Å². The van der Waals surface area contributed by atoms with Gasteiger partial charge in [-0.1, -0.05) is 12.1 Å². The highest BCUT2D eigenvalue weighted by Crippen LogP contribution is 2.22. The Morgan fingerprint density at radius 1 is 1.00 bits per heavy atom. The molecule has 3 heterocycles. The minimum atomic E-state index is -0.252. The molecule has 1 aliphatic heterocycles. The fourth-order valence-electron chi connectivity index (χ4n) is 4.38. The molecule has 0 fully saturated rings. The smallest absolute Gasteiger partial charge is 0.274 e. The molecule has 2 aromatic carbocycles. The van der Waals surface area contributed by atoms with Crippen LogP contribution in [0.1, 0.15) is 46.0 Å². The SMILES string of the molecule is CNC(=O)c1ccc(-n2c(NC(C)C)nc3c(c2=O)CCN(C(=O)c2cnc4ccccc4n2)C3)cc1. The molecule has 4 aromatic rings. The minimum absolute atomic E-state index is 0.00976. The van der Waals surface area contributed by atoms with Crippen molar-refractivity contribution < 1.29 is 9.59 Å². The highest BCUT2D eigenvalue weighted by atomic mass is 16.2. The molecule has 37 heavy (non-hydrogen) atoms. The maximum Gasteiger partial charge on any atom is 0.274 e. The van der Waals surface area contributed by atoms with Crippen molar-refractivity contribution in [3.05, 3.63) is 87.6 Å². The number of carbonyl (C=O) groups is 2. The standard InChI is InChI=1S/C27H27N7O3/c1-16(2)30-27-32-23-15-33(26(37)22-14-29-20-6-4-5-7-21(20)31-22)13-12-19(23)25(36)34(27)18-10-8-17(9-11-18)24(35)28-3/h4-11,14,16H,12-13,15H2,1-3H3,(H,28,35)(H,30,32). The monoisotopic (exact) mass is 497 g/mol. The predicted octanol–water partition coefficient (Wildman–Crippen LogP) is 2.55. The molecule has 1 aliphatic rings. The fraction of sp³-hybridized carbons (Fsp3) is 0.259. The van der Waals surface area contributed by atoms with Gasteiger partial charge in [-0.15, -0.1) is 0 Å². The number of carbonyl (C=O) groups excluding carboxylic acids is 2. The van der Waals surface area contributed by atoms with Gasteiger partial charge in [0.2, 0.25) is 5.95 Å². The first-order valence-electron chi connectivity index (χ1n) is 12.1. The number of nitrogens with zero attached hydrogens (tertiary/aromatic N) is 5. The third-order valence-corrected chi connectivity index (χ3v) is 6.22. The molecule has 0 atom stereocenters. The molecule has 0 radical (unpaired) electrons. The van der Waals surface area contributed by atoms with Crippen molar-refractivity contribution in [3.8, 4) is 5.69 Å². The van der Waals surface area contributed by atoms with Gasteiger partial charge in [-0.25, -0.2) is 14.5 Å². The zero-order valence-electron chi connectivity index (χ0n) is 20.9. The first-order valence-corrected chi connectivity index (χ1v) is 12.1. The van der Waals surface area contributed by atoms with E-state index in [9.17, 15) is 14.4 Å². The van der Waals surface area contributed by atoms with E-state index in [0.717, 1.165) is 5.52 Å². The van der Waals surface area contributed by atoms with Gasteiger partial charge < -0.3 is 15.5 Å². The average molecular weight is 498 g/mol. The minimum Gasteiger partial charge on any atom is -0.355 e. The summed E-state index contributed by atoms with van der Waals surface area (Å²) in [4.78, 5) is 54.1. The van der Waals surface area contributed by atoms with E-state index in [-0.39, 0.29) is 35.7 Å². The summed E-state index contributed by atoms with van der Waals surface area (Å²) < 4.78 is 1.53. The highest BCUT2D eigenvalue weighted by Gasteiger charge is 2.28. The molecule has 188 valence electrons. The van der Waals surface area contributed by atoms with Crippen molar-refractivity contribution in [2.24, 2.45) is 0 Å². The summed E-state index contributed by atoms with van der Waals surface area (Å²) in [7, 11) is 1.57. The summed E-state index contributed by atoms with van der Waals surface area (Å²) >= 11 is 0. The molecule has 10 nitrogen and oxygen atoms in total. The van der Waals surface area contributed by atoms with E-state index in [0.29, 0.717) is 46.9 Å². The van der Waals surface area contributed by atoms with Gasteiger partial charge >= 0.3 is 0 Å². The maximum absolute atomic E-state index is 13.7. The Morgan fingerprint density at radius 3 is 2.43 bits per heavy atom. The molecule has 2 aromatic heterocycles. The number of amides is 2. The van der Waals surface area contributed by atoms with Gasteiger partial charge in [0.15, 0.2) is 0 Å². The van der Waals surface area contributed by atoms with E-state index in [1.54, 1.807) is 36.2 Å². The zero-order chi connectivity index (χ0) is 26.1. The topological polar surface area (TPSA) is 122 Å². The number of hydrogen-bond acceptors (Lipinski definition) is 7. The number of aromatic nitrogens is 4. The van der Waals surface area contributed by atoms with Crippen molar-refractivity contribution in [2.45, 2.75) is 32.9 Å². The number of benzene rings is 2. The van der Waals surface area contributed by atoms with E-state index in [1.165, 1.54) is 10.8 Å². The predicted molar refractivity (Wildman–Crippen MR) is 140 cm³/mol. The molecule has 5 rings (SSSR count). The van der Waals surface area contributed by atoms with Crippen molar-refractivity contribution in [2.75, 3.05) is 18.9 Å². The first-order chi connectivity index (χ1) is 17.9. The number of fused-ring (bicyclic) bond motifs is 2. The summed E-state index contributed by atoms with van der Waals surface area (Å²) in [5, 5.41) is 5.85. The van der Waals surface area contributed by atoms with Gasteiger partial charge in [-0.2, -0.15) is 0 Å². The van der Waals surface area contributed by atoms with Crippen molar-refractivity contribution in [3.63, 3.8) is 0 Å². The molecular weight excluding hydrogens is 470 g/mol. The second-order valence-electron chi connectivity index (χ2n) is 9.15. The van der Waals surface area contributed by atoms with Gasteiger partial charge in [-0.3, -0.25) is 19.4 Å². The molecule has 2 amide bonds. The Morgan fingerprint density at radius 2 is 1.73 bits per heavy atom. The Kier molecular flexibility index (Phi) is 6.39. The number of hydrogen-bond donors (Lipinski definition) is 2. The third-order valence-electron chi connectivity index (χ3n) is 6.22. The van der Waals surface area contributed by atoms with Crippen molar-refractivity contribution in [1.82, 2.24) is 29.7 Å². The van der Waals surface area contributed by atoms with Crippen LogP contribution in [0.5, 0.6) is 0 Å². The molecule has 2 N–H and O–H groups in total. The van der Waals surface area contributed by atoms with Gasteiger partial charge in [0.05, 0.1) is 35.2 Å². The van der Waals surface area contributed by atoms with E-state index >= 15 is 0 Å². The number of anilines is 1. The first kappa shape index (κ1) is 24.1. The quantitative estimate of drug-likeness (QED) is 0.435. The Bertz CT molecular complexity index is 1560. The largest absolute Gasteiger partial charge is 0.355 e. The summed E-state index contributed by atoms with van der Waals surface area (Å²) in [6.07, 6.45) is 1.85. The summed E-state index contributed by atoms with van der Waals surface area (Å²) in [5.41, 5.74) is 3.65. The number of nitrogens with one attached hydrogen (secondary N) is 2. The lowest BCUT2D eigenvalue weighted by atomic mass is 10.1. The van der Waals surface area contributed by atoms with Gasteiger partial charge in [0, 0.05) is 30.8 Å². The lowest BCUT2D eigenvalue weighted by Gasteiger charge is -2.29. The lowest BCUT2D eigenvalue weighted by molar-refractivity contribution is 0.0725.